The van der Waals surface area contributed by atoms with E-state index >= 15 is 0 Å². The van der Waals surface area contributed by atoms with Crippen molar-refractivity contribution in [1.82, 2.24) is 4.98 Å². The zero-order valence-electron chi connectivity index (χ0n) is 9.13. The van der Waals surface area contributed by atoms with Crippen molar-refractivity contribution in [1.29, 1.82) is 5.26 Å². The summed E-state index contributed by atoms with van der Waals surface area (Å²) in [5.41, 5.74) is 0.586. The molecule has 0 spiro atoms. The summed E-state index contributed by atoms with van der Waals surface area (Å²) in [5, 5.41) is 18.4. The van der Waals surface area contributed by atoms with Crippen molar-refractivity contribution in [3.05, 3.63) is 23.9 Å². The van der Waals surface area contributed by atoms with Crippen LogP contribution >= 0.6 is 0 Å². The van der Waals surface area contributed by atoms with Gasteiger partial charge in [0.2, 0.25) is 0 Å². The fourth-order valence-electron chi connectivity index (χ4n) is 2.18. The van der Waals surface area contributed by atoms with Crippen molar-refractivity contribution in [2.75, 3.05) is 18.1 Å². The monoisotopic (exact) mass is 217 g/mol. The highest BCUT2D eigenvalue weighted by atomic mass is 16.3. The second-order valence-corrected chi connectivity index (χ2v) is 4.01. The molecule has 0 unspecified atom stereocenters. The molecule has 0 amide bonds. The maximum atomic E-state index is 9.33. The average Bonchev–Trinajstić information content (AvgIpc) is 2.38. The Balaban J connectivity index is 2.31. The largest absolute Gasteiger partial charge is 0.394 e. The third kappa shape index (κ3) is 2.00. The number of nitriles is 1. The lowest BCUT2D eigenvalue weighted by Gasteiger charge is -2.35. The summed E-state index contributed by atoms with van der Waals surface area (Å²) in [6.07, 6.45) is 4.89. The highest BCUT2D eigenvalue weighted by Crippen LogP contribution is 2.25. The van der Waals surface area contributed by atoms with E-state index in [4.69, 9.17) is 5.26 Å². The first-order valence-corrected chi connectivity index (χ1v) is 5.59. The van der Waals surface area contributed by atoms with Gasteiger partial charge in [0.1, 0.15) is 11.9 Å². The number of nitrogens with zero attached hydrogens (tertiary/aromatic N) is 3. The van der Waals surface area contributed by atoms with Crippen molar-refractivity contribution in [2.45, 2.75) is 25.3 Å². The quantitative estimate of drug-likeness (QED) is 0.811. The fraction of sp³-hybridized carbons (Fsp3) is 0.500. The van der Waals surface area contributed by atoms with E-state index in [1.165, 1.54) is 0 Å². The smallest absolute Gasteiger partial charge is 0.146 e. The van der Waals surface area contributed by atoms with Crippen LogP contribution < -0.4 is 4.90 Å². The van der Waals surface area contributed by atoms with E-state index in [0.29, 0.717) is 11.4 Å². The summed E-state index contributed by atoms with van der Waals surface area (Å²) in [4.78, 5) is 6.32. The molecule has 1 aliphatic heterocycles. The van der Waals surface area contributed by atoms with Gasteiger partial charge in [0.05, 0.1) is 18.2 Å². The normalized spacial score (nSPS) is 20.5. The first kappa shape index (κ1) is 10.9. The number of pyridine rings is 1. The third-order valence-electron chi connectivity index (χ3n) is 3.02. The van der Waals surface area contributed by atoms with Crippen LogP contribution in [0.5, 0.6) is 0 Å². The summed E-state index contributed by atoms with van der Waals surface area (Å²) in [7, 11) is 0. The Labute approximate surface area is 95.1 Å². The van der Waals surface area contributed by atoms with Gasteiger partial charge < -0.3 is 10.0 Å². The van der Waals surface area contributed by atoms with Crippen LogP contribution in [0.2, 0.25) is 0 Å². The van der Waals surface area contributed by atoms with E-state index in [2.05, 4.69) is 16.0 Å². The zero-order chi connectivity index (χ0) is 11.4. The van der Waals surface area contributed by atoms with Gasteiger partial charge >= 0.3 is 0 Å². The minimum absolute atomic E-state index is 0.107. The summed E-state index contributed by atoms with van der Waals surface area (Å²) in [6.45, 7) is 0.998. The molecule has 1 N–H and O–H groups in total. The summed E-state index contributed by atoms with van der Waals surface area (Å²) in [6, 6.07) is 5.79. The molecule has 0 aliphatic carbocycles. The highest BCUT2D eigenvalue weighted by Gasteiger charge is 2.24. The molecule has 4 heteroatoms. The van der Waals surface area contributed by atoms with Crippen LogP contribution in [0, 0.1) is 11.3 Å². The maximum Gasteiger partial charge on any atom is 0.146 e. The van der Waals surface area contributed by atoms with Crippen LogP contribution in [0.25, 0.3) is 0 Å². The second-order valence-electron chi connectivity index (χ2n) is 4.01. The van der Waals surface area contributed by atoms with E-state index in [1.54, 1.807) is 18.3 Å². The van der Waals surface area contributed by atoms with Gasteiger partial charge in [-0.2, -0.15) is 5.26 Å². The molecule has 1 saturated heterocycles. The number of aromatic nitrogens is 1. The molecule has 1 aromatic rings. The molecule has 2 rings (SSSR count). The van der Waals surface area contributed by atoms with Gasteiger partial charge in [0.15, 0.2) is 0 Å². The SMILES string of the molecule is N#Cc1cccnc1N1CCCC[C@H]1CO. The van der Waals surface area contributed by atoms with Gasteiger partial charge in [-0.3, -0.25) is 0 Å². The molecule has 84 valence electrons. The van der Waals surface area contributed by atoms with Crippen LogP contribution in [0.3, 0.4) is 0 Å². The van der Waals surface area contributed by atoms with Crippen molar-refractivity contribution in [3.8, 4) is 6.07 Å². The standard InChI is InChI=1S/C12H15N3O/c13-8-10-4-3-6-14-12(10)15-7-2-1-5-11(15)9-16/h3-4,6,11,16H,1-2,5,7,9H2/t11-/m0/s1. The van der Waals surface area contributed by atoms with Crippen LogP contribution in [0.1, 0.15) is 24.8 Å². The van der Waals surface area contributed by atoms with Crippen LogP contribution in [0.15, 0.2) is 18.3 Å². The maximum absolute atomic E-state index is 9.33. The Kier molecular flexibility index (Phi) is 3.37. The van der Waals surface area contributed by atoms with Crippen molar-refractivity contribution in [2.24, 2.45) is 0 Å². The fourth-order valence-corrected chi connectivity index (χ4v) is 2.18. The molecular weight excluding hydrogens is 202 g/mol. The van der Waals surface area contributed by atoms with Gasteiger partial charge in [-0.05, 0) is 31.4 Å². The molecule has 2 heterocycles. The van der Waals surface area contributed by atoms with Crippen molar-refractivity contribution >= 4 is 5.82 Å². The first-order valence-electron chi connectivity index (χ1n) is 5.59. The Morgan fingerprint density at radius 3 is 3.19 bits per heavy atom. The molecule has 1 aliphatic rings. The predicted molar refractivity (Wildman–Crippen MR) is 61.0 cm³/mol. The van der Waals surface area contributed by atoms with E-state index in [-0.39, 0.29) is 12.6 Å². The molecule has 4 nitrogen and oxygen atoms in total. The topological polar surface area (TPSA) is 60.2 Å². The number of anilines is 1. The van der Waals surface area contributed by atoms with Crippen LogP contribution in [-0.4, -0.2) is 29.3 Å². The van der Waals surface area contributed by atoms with Gasteiger partial charge in [-0.15, -0.1) is 0 Å². The minimum Gasteiger partial charge on any atom is -0.394 e. The van der Waals surface area contributed by atoms with E-state index in [1.807, 2.05) is 0 Å². The molecule has 1 atom stereocenters. The number of hydrogen-bond donors (Lipinski definition) is 1. The van der Waals surface area contributed by atoms with Gasteiger partial charge in [-0.1, -0.05) is 0 Å². The van der Waals surface area contributed by atoms with Crippen LogP contribution in [0.4, 0.5) is 5.82 Å². The van der Waals surface area contributed by atoms with E-state index in [9.17, 15) is 5.11 Å². The third-order valence-corrected chi connectivity index (χ3v) is 3.02. The Morgan fingerprint density at radius 2 is 2.44 bits per heavy atom. The van der Waals surface area contributed by atoms with E-state index < -0.39 is 0 Å². The van der Waals surface area contributed by atoms with Gasteiger partial charge in [-0.25, -0.2) is 4.98 Å². The second kappa shape index (κ2) is 4.95. The Bertz CT molecular complexity index is 399. The Morgan fingerprint density at radius 1 is 1.56 bits per heavy atom. The van der Waals surface area contributed by atoms with Gasteiger partial charge in [0.25, 0.3) is 0 Å². The van der Waals surface area contributed by atoms with Gasteiger partial charge in [0, 0.05) is 12.7 Å². The first-order chi connectivity index (χ1) is 7.86. The predicted octanol–water partition coefficient (Wildman–Crippen LogP) is 1.30. The number of aliphatic hydroxyl groups excluding tert-OH is 1. The van der Waals surface area contributed by atoms with Crippen molar-refractivity contribution < 1.29 is 5.11 Å². The molecule has 0 saturated carbocycles. The number of aliphatic hydroxyl groups is 1. The Hall–Kier alpha value is -1.60. The van der Waals surface area contributed by atoms with Crippen LogP contribution in [-0.2, 0) is 0 Å². The number of piperidine rings is 1. The lowest BCUT2D eigenvalue weighted by Crippen LogP contribution is -2.42. The molecule has 16 heavy (non-hydrogen) atoms. The summed E-state index contributed by atoms with van der Waals surface area (Å²) < 4.78 is 0. The van der Waals surface area contributed by atoms with E-state index in [0.717, 1.165) is 25.8 Å². The lowest BCUT2D eigenvalue weighted by molar-refractivity contribution is 0.239. The lowest BCUT2D eigenvalue weighted by atomic mass is 10.0. The highest BCUT2D eigenvalue weighted by molar-refractivity contribution is 5.54. The zero-order valence-corrected chi connectivity index (χ0v) is 9.13. The summed E-state index contributed by atoms with van der Waals surface area (Å²) in [5.74, 6) is 0.712. The number of hydrogen-bond acceptors (Lipinski definition) is 4. The summed E-state index contributed by atoms with van der Waals surface area (Å²) >= 11 is 0. The average molecular weight is 217 g/mol. The molecule has 0 radical (unpaired) electrons. The molecule has 0 aromatic carbocycles. The molecule has 1 fully saturated rings. The number of rotatable bonds is 2. The molecular formula is C12H15N3O. The molecule has 1 aromatic heterocycles. The molecule has 0 bridgehead atoms. The van der Waals surface area contributed by atoms with Crippen molar-refractivity contribution in [3.63, 3.8) is 0 Å². The minimum atomic E-state index is 0.107.